The molecule has 5 rings (SSSR count). The molecule has 4 aromatic rings. The van der Waals surface area contributed by atoms with Crippen LogP contribution in [-0.4, -0.2) is 28.4 Å². The summed E-state index contributed by atoms with van der Waals surface area (Å²) in [5, 5.41) is 13.8. The van der Waals surface area contributed by atoms with Gasteiger partial charge in [0.1, 0.15) is 11.3 Å². The first-order chi connectivity index (χ1) is 17.1. The molecule has 0 aliphatic carbocycles. The number of carbonyl (C=O) groups excluding carboxylic acids is 2. The first-order valence-electron chi connectivity index (χ1n) is 11.5. The van der Waals surface area contributed by atoms with Gasteiger partial charge in [-0.1, -0.05) is 50.1 Å². The van der Waals surface area contributed by atoms with Crippen LogP contribution in [0.5, 0.6) is 5.75 Å². The molecular weight excluding hydrogens is 464 g/mol. The second-order valence-electron chi connectivity index (χ2n) is 8.26. The number of anilines is 1. The van der Waals surface area contributed by atoms with Gasteiger partial charge < -0.3 is 14.3 Å². The maximum absolute atomic E-state index is 13.6. The highest BCUT2D eigenvalue weighted by Gasteiger charge is 2.46. The lowest BCUT2D eigenvalue weighted by molar-refractivity contribution is -0.117. The van der Waals surface area contributed by atoms with E-state index in [0.29, 0.717) is 28.6 Å². The number of unbranched alkanes of at least 4 members (excludes halogenated alkanes) is 2. The van der Waals surface area contributed by atoms with E-state index in [1.54, 1.807) is 35.8 Å². The number of hydrogen-bond acceptors (Lipinski definition) is 7. The zero-order valence-electron chi connectivity index (χ0n) is 19.1. The molecule has 8 heteroatoms. The summed E-state index contributed by atoms with van der Waals surface area (Å²) in [7, 11) is 0. The van der Waals surface area contributed by atoms with E-state index in [1.165, 1.54) is 16.2 Å². The summed E-state index contributed by atoms with van der Waals surface area (Å²) >= 11 is 1.25. The van der Waals surface area contributed by atoms with Crippen LogP contribution >= 0.6 is 11.3 Å². The Labute approximate surface area is 206 Å². The van der Waals surface area contributed by atoms with Gasteiger partial charge in [-0.3, -0.25) is 14.5 Å². The first kappa shape index (κ1) is 22.9. The molecule has 1 unspecified atom stereocenters. The number of rotatable bonds is 9. The maximum atomic E-state index is 13.6. The molecule has 35 heavy (non-hydrogen) atoms. The van der Waals surface area contributed by atoms with Gasteiger partial charge in [-0.25, -0.2) is 4.98 Å². The normalized spacial score (nSPS) is 15.9. The van der Waals surface area contributed by atoms with Gasteiger partial charge in [-0.15, -0.1) is 11.3 Å². The first-order valence-corrected chi connectivity index (χ1v) is 12.4. The van der Waals surface area contributed by atoms with Crippen molar-refractivity contribution >= 4 is 39.1 Å². The summed E-state index contributed by atoms with van der Waals surface area (Å²) in [5.74, 6) is -1.06. The molecule has 0 spiro atoms. The molecule has 178 valence electrons. The highest BCUT2D eigenvalue weighted by molar-refractivity contribution is 7.13. The topological polar surface area (TPSA) is 92.9 Å². The van der Waals surface area contributed by atoms with Gasteiger partial charge in [0.15, 0.2) is 16.7 Å². The Morgan fingerprint density at radius 2 is 1.97 bits per heavy atom. The summed E-state index contributed by atoms with van der Waals surface area (Å²) in [6.45, 7) is 2.76. The van der Waals surface area contributed by atoms with Crippen LogP contribution in [0.3, 0.4) is 0 Å². The van der Waals surface area contributed by atoms with E-state index in [2.05, 4.69) is 11.9 Å². The standard InChI is InChI=1S/C27H24N2O5S/c1-2-3-6-14-33-19-11-9-17(10-12-19)23-22(25(31)26(32)29(23)27-28-13-15-35-27)24(30)21-16-18-7-4-5-8-20(18)34-21/h4-5,7-13,15-16,23,31H,2-3,6,14H2,1H3. The number of aromatic nitrogens is 1. The number of hydrogen-bond donors (Lipinski definition) is 1. The molecule has 1 aliphatic heterocycles. The zero-order valence-corrected chi connectivity index (χ0v) is 20.0. The second-order valence-corrected chi connectivity index (χ2v) is 9.13. The van der Waals surface area contributed by atoms with E-state index in [9.17, 15) is 14.7 Å². The lowest BCUT2D eigenvalue weighted by Crippen LogP contribution is -2.30. The number of aliphatic hydroxyl groups excluding tert-OH is 1. The van der Waals surface area contributed by atoms with Gasteiger partial charge in [-0.05, 0) is 36.2 Å². The van der Waals surface area contributed by atoms with Crippen molar-refractivity contribution in [3.05, 3.63) is 88.8 Å². The average Bonchev–Trinajstić information content (AvgIpc) is 3.61. The predicted octanol–water partition coefficient (Wildman–Crippen LogP) is 6.24. The predicted molar refractivity (Wildman–Crippen MR) is 134 cm³/mol. The van der Waals surface area contributed by atoms with Gasteiger partial charge in [-0.2, -0.15) is 0 Å². The van der Waals surface area contributed by atoms with E-state index >= 15 is 0 Å². The SMILES string of the molecule is CCCCCOc1ccc(C2C(C(=O)c3cc4ccccc4o3)=C(O)C(=O)N2c2nccs2)cc1. The van der Waals surface area contributed by atoms with Crippen LogP contribution in [-0.2, 0) is 4.79 Å². The third-order valence-corrected chi connectivity index (χ3v) is 6.71. The number of ketones is 1. The van der Waals surface area contributed by atoms with E-state index < -0.39 is 23.5 Å². The fourth-order valence-corrected chi connectivity index (χ4v) is 4.87. The number of amides is 1. The van der Waals surface area contributed by atoms with E-state index in [1.807, 2.05) is 30.3 Å². The molecule has 1 atom stereocenters. The number of benzene rings is 2. The molecular formula is C27H24N2O5S. The molecule has 0 saturated heterocycles. The van der Waals surface area contributed by atoms with Crippen LogP contribution < -0.4 is 9.64 Å². The highest BCUT2D eigenvalue weighted by Crippen LogP contribution is 2.43. The van der Waals surface area contributed by atoms with E-state index in [-0.39, 0.29) is 11.3 Å². The smallest absolute Gasteiger partial charge is 0.296 e. The molecule has 0 saturated carbocycles. The van der Waals surface area contributed by atoms with Crippen molar-refractivity contribution in [1.29, 1.82) is 0 Å². The molecule has 7 nitrogen and oxygen atoms in total. The highest BCUT2D eigenvalue weighted by atomic mass is 32.1. The third-order valence-electron chi connectivity index (χ3n) is 5.94. The number of fused-ring (bicyclic) bond motifs is 1. The van der Waals surface area contributed by atoms with Crippen LogP contribution in [0.1, 0.15) is 48.3 Å². The van der Waals surface area contributed by atoms with Gasteiger partial charge in [0.25, 0.3) is 5.91 Å². The zero-order chi connectivity index (χ0) is 24.4. The van der Waals surface area contributed by atoms with Crippen LogP contribution in [0.2, 0.25) is 0 Å². The minimum atomic E-state index is -0.858. The monoisotopic (exact) mass is 488 g/mol. The van der Waals surface area contributed by atoms with Crippen molar-refractivity contribution in [2.75, 3.05) is 11.5 Å². The Bertz CT molecular complexity index is 1360. The Kier molecular flexibility index (Phi) is 6.37. The number of ether oxygens (including phenoxy) is 1. The van der Waals surface area contributed by atoms with Crippen LogP contribution in [0.25, 0.3) is 11.0 Å². The van der Waals surface area contributed by atoms with Crippen molar-refractivity contribution in [2.45, 2.75) is 32.2 Å². The Hall–Kier alpha value is -3.91. The molecule has 2 aromatic heterocycles. The number of nitrogens with zero attached hydrogens (tertiary/aromatic N) is 2. The van der Waals surface area contributed by atoms with Crippen molar-refractivity contribution in [1.82, 2.24) is 4.98 Å². The Morgan fingerprint density at radius 1 is 1.17 bits per heavy atom. The van der Waals surface area contributed by atoms with Gasteiger partial charge >= 0.3 is 0 Å². The van der Waals surface area contributed by atoms with E-state index in [0.717, 1.165) is 24.6 Å². The third kappa shape index (κ3) is 4.33. The summed E-state index contributed by atoms with van der Waals surface area (Å²) in [6.07, 6.45) is 4.76. The lowest BCUT2D eigenvalue weighted by atomic mass is 9.95. The van der Waals surface area contributed by atoms with Crippen molar-refractivity contribution in [2.24, 2.45) is 0 Å². The molecule has 2 aromatic carbocycles. The molecule has 1 amide bonds. The van der Waals surface area contributed by atoms with Crippen LogP contribution in [0, 0.1) is 0 Å². The Balaban J connectivity index is 1.52. The van der Waals surface area contributed by atoms with Gasteiger partial charge in [0.2, 0.25) is 5.78 Å². The van der Waals surface area contributed by atoms with Crippen LogP contribution in [0.4, 0.5) is 5.13 Å². The number of furan rings is 1. The fraction of sp³-hybridized carbons (Fsp3) is 0.222. The molecule has 0 fully saturated rings. The average molecular weight is 489 g/mol. The fourth-order valence-electron chi connectivity index (χ4n) is 4.20. The quantitative estimate of drug-likeness (QED) is 0.221. The number of carbonyl (C=O) groups is 2. The van der Waals surface area contributed by atoms with Gasteiger partial charge in [0, 0.05) is 17.0 Å². The van der Waals surface area contributed by atoms with Crippen molar-refractivity contribution in [3.8, 4) is 5.75 Å². The number of para-hydroxylation sites is 1. The molecule has 3 heterocycles. The largest absolute Gasteiger partial charge is 0.503 e. The van der Waals surface area contributed by atoms with E-state index in [4.69, 9.17) is 9.15 Å². The molecule has 1 N–H and O–H groups in total. The maximum Gasteiger partial charge on any atom is 0.296 e. The molecule has 0 radical (unpaired) electrons. The lowest BCUT2D eigenvalue weighted by Gasteiger charge is -2.24. The summed E-state index contributed by atoms with van der Waals surface area (Å²) in [4.78, 5) is 32.4. The number of Topliss-reactive ketones (excluding diaryl/α,β-unsaturated/α-hetero) is 1. The van der Waals surface area contributed by atoms with Crippen molar-refractivity contribution in [3.63, 3.8) is 0 Å². The molecule has 0 bridgehead atoms. The molecule has 1 aliphatic rings. The minimum absolute atomic E-state index is 0.0409. The summed E-state index contributed by atoms with van der Waals surface area (Å²) in [5.41, 5.74) is 1.16. The van der Waals surface area contributed by atoms with Crippen molar-refractivity contribution < 1.29 is 23.8 Å². The summed E-state index contributed by atoms with van der Waals surface area (Å²) in [6, 6.07) is 15.3. The number of thiazole rings is 1. The minimum Gasteiger partial charge on any atom is -0.503 e. The second kappa shape index (κ2) is 9.76. The summed E-state index contributed by atoms with van der Waals surface area (Å²) < 4.78 is 11.6. The number of aliphatic hydroxyl groups is 1. The van der Waals surface area contributed by atoms with Gasteiger partial charge in [0.05, 0.1) is 18.2 Å². The Morgan fingerprint density at radius 3 is 2.69 bits per heavy atom. The van der Waals surface area contributed by atoms with Crippen LogP contribution in [0.15, 0.2) is 81.9 Å².